The molecule has 1 rings (SSSR count). The highest BCUT2D eigenvalue weighted by Gasteiger charge is 2.04. The van der Waals surface area contributed by atoms with E-state index in [0.717, 1.165) is 0 Å². The molecule has 0 aromatic heterocycles. The summed E-state index contributed by atoms with van der Waals surface area (Å²) in [5.74, 6) is -0.599. The smallest absolute Gasteiger partial charge is 0.226 e. The van der Waals surface area contributed by atoms with E-state index in [1.54, 1.807) is 12.1 Å². The Balaban J connectivity index is 2.57. The Morgan fingerprint density at radius 2 is 2.33 bits per heavy atom. The number of ether oxygens (including phenoxy) is 1. The van der Waals surface area contributed by atoms with Gasteiger partial charge in [-0.15, -0.1) is 0 Å². The molecule has 1 aromatic rings. The number of rotatable bonds is 4. The molecular formula is C10H11BrFNO2. The van der Waals surface area contributed by atoms with Gasteiger partial charge < -0.3 is 10.1 Å². The van der Waals surface area contributed by atoms with Crippen molar-refractivity contribution in [2.75, 3.05) is 19.0 Å². The minimum Gasteiger partial charge on any atom is -0.384 e. The second-order valence-electron chi connectivity index (χ2n) is 2.92. The Morgan fingerprint density at radius 3 is 2.93 bits per heavy atom. The van der Waals surface area contributed by atoms with E-state index in [4.69, 9.17) is 4.74 Å². The van der Waals surface area contributed by atoms with Gasteiger partial charge in [-0.2, -0.15) is 0 Å². The van der Waals surface area contributed by atoms with Crippen LogP contribution in [0.25, 0.3) is 0 Å². The summed E-state index contributed by atoms with van der Waals surface area (Å²) in [7, 11) is 1.52. The van der Waals surface area contributed by atoms with Gasteiger partial charge in [0.2, 0.25) is 5.91 Å². The molecule has 3 nitrogen and oxygen atoms in total. The molecule has 0 atom stereocenters. The molecule has 1 N–H and O–H groups in total. The van der Waals surface area contributed by atoms with Crippen molar-refractivity contribution in [3.63, 3.8) is 0 Å². The third kappa shape index (κ3) is 3.97. The van der Waals surface area contributed by atoms with Gasteiger partial charge in [0, 0.05) is 12.8 Å². The zero-order chi connectivity index (χ0) is 11.3. The van der Waals surface area contributed by atoms with E-state index in [0.29, 0.717) is 16.8 Å². The maximum atomic E-state index is 13.1. The lowest BCUT2D eigenvalue weighted by Gasteiger charge is -2.05. The van der Waals surface area contributed by atoms with Gasteiger partial charge in [0.25, 0.3) is 0 Å². The Bertz CT molecular complexity index is 357. The van der Waals surface area contributed by atoms with Crippen molar-refractivity contribution in [1.29, 1.82) is 0 Å². The van der Waals surface area contributed by atoms with Gasteiger partial charge in [0.05, 0.1) is 17.5 Å². The Kier molecular flexibility index (Phi) is 4.71. The average Bonchev–Trinajstić information content (AvgIpc) is 2.20. The Morgan fingerprint density at radius 1 is 1.60 bits per heavy atom. The number of hydrogen-bond donors (Lipinski definition) is 1. The minimum atomic E-state index is -0.403. The van der Waals surface area contributed by atoms with Gasteiger partial charge in [-0.3, -0.25) is 4.79 Å². The Hall–Kier alpha value is -0.940. The van der Waals surface area contributed by atoms with Crippen LogP contribution in [-0.2, 0) is 9.53 Å². The first-order valence-corrected chi connectivity index (χ1v) is 5.16. The van der Waals surface area contributed by atoms with E-state index < -0.39 is 5.82 Å². The highest BCUT2D eigenvalue weighted by atomic mass is 79.9. The monoisotopic (exact) mass is 275 g/mol. The van der Waals surface area contributed by atoms with Crippen molar-refractivity contribution in [2.45, 2.75) is 6.42 Å². The second-order valence-corrected chi connectivity index (χ2v) is 3.77. The van der Waals surface area contributed by atoms with Gasteiger partial charge in [0.1, 0.15) is 5.82 Å². The maximum absolute atomic E-state index is 13.1. The first-order valence-electron chi connectivity index (χ1n) is 4.37. The van der Waals surface area contributed by atoms with Crippen LogP contribution in [0.4, 0.5) is 10.1 Å². The third-order valence-corrected chi connectivity index (χ3v) is 2.38. The van der Waals surface area contributed by atoms with E-state index in [9.17, 15) is 9.18 Å². The fourth-order valence-electron chi connectivity index (χ4n) is 0.992. The molecule has 0 aliphatic carbocycles. The third-order valence-electron chi connectivity index (χ3n) is 1.74. The zero-order valence-corrected chi connectivity index (χ0v) is 9.80. The predicted molar refractivity (Wildman–Crippen MR) is 59.2 cm³/mol. The van der Waals surface area contributed by atoms with Crippen molar-refractivity contribution in [1.82, 2.24) is 0 Å². The van der Waals surface area contributed by atoms with Gasteiger partial charge >= 0.3 is 0 Å². The zero-order valence-electron chi connectivity index (χ0n) is 8.22. The van der Waals surface area contributed by atoms with Crippen molar-refractivity contribution in [3.05, 3.63) is 28.5 Å². The number of amides is 1. The number of methoxy groups -OCH3 is 1. The minimum absolute atomic E-state index is 0.196. The summed E-state index contributed by atoms with van der Waals surface area (Å²) in [6.07, 6.45) is 0.258. The van der Waals surface area contributed by atoms with Crippen LogP contribution in [0.5, 0.6) is 0 Å². The van der Waals surface area contributed by atoms with Crippen molar-refractivity contribution >= 4 is 27.5 Å². The fraction of sp³-hybridized carbons (Fsp3) is 0.300. The van der Waals surface area contributed by atoms with Crippen LogP contribution in [-0.4, -0.2) is 19.6 Å². The largest absolute Gasteiger partial charge is 0.384 e. The standard InChI is InChI=1S/C10H11BrFNO2/c1-15-5-4-10(14)13-7-2-3-8(11)9(12)6-7/h2-3,6H,4-5H2,1H3,(H,13,14). The molecule has 0 unspecified atom stereocenters. The lowest BCUT2D eigenvalue weighted by Crippen LogP contribution is -2.13. The van der Waals surface area contributed by atoms with Gasteiger partial charge in [-0.1, -0.05) is 0 Å². The summed E-state index contributed by atoms with van der Waals surface area (Å²) < 4.78 is 18.2. The molecule has 82 valence electrons. The van der Waals surface area contributed by atoms with Gasteiger partial charge in [-0.05, 0) is 34.1 Å². The summed E-state index contributed by atoms with van der Waals surface area (Å²) in [6, 6.07) is 4.42. The van der Waals surface area contributed by atoms with Gasteiger partial charge in [-0.25, -0.2) is 4.39 Å². The molecule has 0 aliphatic heterocycles. The lowest BCUT2D eigenvalue weighted by molar-refractivity contribution is -0.117. The molecule has 0 bridgehead atoms. The summed E-state index contributed by atoms with van der Waals surface area (Å²) >= 11 is 3.03. The molecule has 1 amide bonds. The van der Waals surface area contributed by atoms with Crippen LogP contribution < -0.4 is 5.32 Å². The fourth-order valence-corrected chi connectivity index (χ4v) is 1.24. The quantitative estimate of drug-likeness (QED) is 0.917. The lowest BCUT2D eigenvalue weighted by atomic mass is 10.3. The molecule has 1 aromatic carbocycles. The van der Waals surface area contributed by atoms with Gasteiger partial charge in [0.15, 0.2) is 0 Å². The molecular weight excluding hydrogens is 265 g/mol. The first kappa shape index (κ1) is 12.1. The molecule has 15 heavy (non-hydrogen) atoms. The van der Waals surface area contributed by atoms with Crippen LogP contribution in [0.15, 0.2) is 22.7 Å². The summed E-state index contributed by atoms with van der Waals surface area (Å²) in [4.78, 5) is 11.2. The molecule has 5 heteroatoms. The number of benzene rings is 1. The number of carbonyl (C=O) groups is 1. The van der Waals surface area contributed by atoms with Crippen molar-refractivity contribution in [3.8, 4) is 0 Å². The van der Waals surface area contributed by atoms with Crippen LogP contribution in [0.1, 0.15) is 6.42 Å². The molecule has 0 saturated heterocycles. The number of nitrogens with one attached hydrogen (secondary N) is 1. The molecule has 0 saturated carbocycles. The van der Waals surface area contributed by atoms with E-state index in [1.807, 2.05) is 0 Å². The molecule has 0 fully saturated rings. The predicted octanol–water partition coefficient (Wildman–Crippen LogP) is 2.56. The van der Waals surface area contributed by atoms with Crippen LogP contribution >= 0.6 is 15.9 Å². The molecule has 0 aliphatic rings. The van der Waals surface area contributed by atoms with Crippen LogP contribution in [0, 0.1) is 5.82 Å². The van der Waals surface area contributed by atoms with Crippen molar-refractivity contribution in [2.24, 2.45) is 0 Å². The van der Waals surface area contributed by atoms with Crippen molar-refractivity contribution < 1.29 is 13.9 Å². The number of anilines is 1. The highest BCUT2D eigenvalue weighted by molar-refractivity contribution is 9.10. The molecule has 0 heterocycles. The Labute approximate surface area is 95.7 Å². The first-order chi connectivity index (χ1) is 7.13. The number of hydrogen-bond acceptors (Lipinski definition) is 2. The van der Waals surface area contributed by atoms with E-state index >= 15 is 0 Å². The van der Waals surface area contributed by atoms with E-state index in [-0.39, 0.29) is 12.3 Å². The molecule has 0 radical (unpaired) electrons. The second kappa shape index (κ2) is 5.82. The topological polar surface area (TPSA) is 38.3 Å². The summed E-state index contributed by atoms with van der Waals surface area (Å²) in [6.45, 7) is 0.352. The normalized spacial score (nSPS) is 10.1. The average molecular weight is 276 g/mol. The van der Waals surface area contributed by atoms with Crippen LogP contribution in [0.2, 0.25) is 0 Å². The summed E-state index contributed by atoms with van der Waals surface area (Å²) in [5, 5.41) is 2.56. The SMILES string of the molecule is COCCC(=O)Nc1ccc(Br)c(F)c1. The summed E-state index contributed by atoms with van der Waals surface area (Å²) in [5.41, 5.74) is 0.441. The highest BCUT2D eigenvalue weighted by Crippen LogP contribution is 2.19. The number of halogens is 2. The number of carbonyl (C=O) groups excluding carboxylic acids is 1. The molecule has 0 spiro atoms. The van der Waals surface area contributed by atoms with E-state index in [2.05, 4.69) is 21.2 Å². The van der Waals surface area contributed by atoms with E-state index in [1.165, 1.54) is 13.2 Å². The maximum Gasteiger partial charge on any atom is 0.226 e. The van der Waals surface area contributed by atoms with Crippen LogP contribution in [0.3, 0.4) is 0 Å².